The van der Waals surface area contributed by atoms with Gasteiger partial charge in [0.1, 0.15) is 4.21 Å². The summed E-state index contributed by atoms with van der Waals surface area (Å²) in [5.41, 5.74) is 0.616. The summed E-state index contributed by atoms with van der Waals surface area (Å²) < 4.78 is 26.9. The summed E-state index contributed by atoms with van der Waals surface area (Å²) in [4.78, 5) is 11.9. The average molecular weight is 340 g/mol. The lowest BCUT2D eigenvalue weighted by Crippen LogP contribution is -2.30. The fourth-order valence-electron chi connectivity index (χ4n) is 1.69. The Morgan fingerprint density at radius 1 is 1.32 bits per heavy atom. The van der Waals surface area contributed by atoms with Crippen LogP contribution in [0.25, 0.3) is 0 Å². The van der Waals surface area contributed by atoms with Crippen molar-refractivity contribution in [2.75, 3.05) is 11.3 Å². The van der Waals surface area contributed by atoms with Crippen LogP contribution in [0.15, 0.2) is 46.0 Å². The normalized spacial score (nSPS) is 12.6. The molecule has 0 spiro atoms. The smallest absolute Gasteiger partial charge is 0.271 e. The molecule has 2 rings (SSSR count). The van der Waals surface area contributed by atoms with Gasteiger partial charge >= 0.3 is 0 Å². The van der Waals surface area contributed by atoms with Crippen LogP contribution in [0, 0.1) is 0 Å². The van der Waals surface area contributed by atoms with Gasteiger partial charge in [-0.2, -0.15) is 0 Å². The molecule has 22 heavy (non-hydrogen) atoms. The number of carbonyl (C=O) groups is 1. The standard InChI is InChI=1S/C14H16N2O4S2/c1-10(17)9-15-14(18)11-4-2-5-12(8-11)16-22(19,20)13-6-3-7-21-13/h2-8,10,16-17H,9H2,1H3,(H,15,18). The largest absolute Gasteiger partial charge is 0.392 e. The Kier molecular flexibility index (Phi) is 5.17. The molecule has 1 amide bonds. The number of rotatable bonds is 6. The third-order valence-corrected chi connectivity index (χ3v) is 5.47. The quantitative estimate of drug-likeness (QED) is 0.745. The number of nitrogens with one attached hydrogen (secondary N) is 2. The van der Waals surface area contributed by atoms with Gasteiger partial charge in [0.25, 0.3) is 15.9 Å². The molecule has 0 aliphatic carbocycles. The number of hydrogen-bond acceptors (Lipinski definition) is 5. The van der Waals surface area contributed by atoms with Gasteiger partial charge in [0.15, 0.2) is 0 Å². The van der Waals surface area contributed by atoms with Crippen molar-refractivity contribution in [3.63, 3.8) is 0 Å². The molecular weight excluding hydrogens is 324 g/mol. The number of carbonyl (C=O) groups excluding carboxylic acids is 1. The van der Waals surface area contributed by atoms with E-state index in [-0.39, 0.29) is 16.7 Å². The summed E-state index contributed by atoms with van der Waals surface area (Å²) in [5, 5.41) is 13.4. The number of aliphatic hydroxyl groups excluding tert-OH is 1. The Bertz CT molecular complexity index is 740. The van der Waals surface area contributed by atoms with E-state index < -0.39 is 16.1 Å². The monoisotopic (exact) mass is 340 g/mol. The number of thiophene rings is 1. The zero-order chi connectivity index (χ0) is 16.2. The predicted octanol–water partition coefficient (Wildman–Crippen LogP) is 1.66. The van der Waals surface area contributed by atoms with Crippen LogP contribution < -0.4 is 10.0 Å². The number of benzene rings is 1. The zero-order valence-corrected chi connectivity index (χ0v) is 13.4. The van der Waals surface area contributed by atoms with Crippen LogP contribution in [0.2, 0.25) is 0 Å². The highest BCUT2D eigenvalue weighted by molar-refractivity contribution is 7.94. The molecular formula is C14H16N2O4S2. The molecule has 1 aromatic heterocycles. The summed E-state index contributed by atoms with van der Waals surface area (Å²) in [7, 11) is -3.64. The molecule has 118 valence electrons. The van der Waals surface area contributed by atoms with Gasteiger partial charge in [0, 0.05) is 17.8 Å². The van der Waals surface area contributed by atoms with Crippen LogP contribution in [-0.4, -0.2) is 32.1 Å². The summed E-state index contributed by atoms with van der Waals surface area (Å²) in [6, 6.07) is 9.33. The minimum Gasteiger partial charge on any atom is -0.392 e. The van der Waals surface area contributed by atoms with Gasteiger partial charge in [-0.05, 0) is 36.6 Å². The van der Waals surface area contributed by atoms with Gasteiger partial charge in [-0.25, -0.2) is 8.42 Å². The average Bonchev–Trinajstić information content (AvgIpc) is 2.99. The van der Waals surface area contributed by atoms with E-state index in [1.807, 2.05) is 0 Å². The fourth-order valence-corrected chi connectivity index (χ4v) is 3.73. The van der Waals surface area contributed by atoms with Crippen molar-refractivity contribution in [3.05, 3.63) is 47.3 Å². The first-order valence-electron chi connectivity index (χ1n) is 6.51. The lowest BCUT2D eigenvalue weighted by atomic mass is 10.2. The fraction of sp³-hybridized carbons (Fsp3) is 0.214. The maximum Gasteiger partial charge on any atom is 0.271 e. The topological polar surface area (TPSA) is 95.5 Å². The van der Waals surface area contributed by atoms with Crippen molar-refractivity contribution in [2.24, 2.45) is 0 Å². The van der Waals surface area contributed by atoms with Crippen LogP contribution in [-0.2, 0) is 10.0 Å². The Morgan fingerprint density at radius 2 is 2.09 bits per heavy atom. The van der Waals surface area contributed by atoms with E-state index >= 15 is 0 Å². The lowest BCUT2D eigenvalue weighted by Gasteiger charge is -2.09. The van der Waals surface area contributed by atoms with Crippen molar-refractivity contribution in [2.45, 2.75) is 17.2 Å². The second kappa shape index (κ2) is 6.91. The van der Waals surface area contributed by atoms with E-state index in [1.165, 1.54) is 12.1 Å². The highest BCUT2D eigenvalue weighted by Crippen LogP contribution is 2.20. The molecule has 0 aliphatic rings. The second-order valence-corrected chi connectivity index (χ2v) is 7.53. The second-order valence-electron chi connectivity index (χ2n) is 4.68. The Labute approximate surface area is 132 Å². The zero-order valence-electron chi connectivity index (χ0n) is 11.8. The Balaban J connectivity index is 2.14. The van der Waals surface area contributed by atoms with Gasteiger partial charge in [0.2, 0.25) is 0 Å². The molecule has 0 aliphatic heterocycles. The molecule has 0 fully saturated rings. The summed E-state index contributed by atoms with van der Waals surface area (Å²) in [5.74, 6) is -0.377. The van der Waals surface area contributed by atoms with Crippen molar-refractivity contribution < 1.29 is 18.3 Å². The first-order valence-corrected chi connectivity index (χ1v) is 8.87. The molecule has 0 bridgehead atoms. The highest BCUT2D eigenvalue weighted by atomic mass is 32.2. The van der Waals surface area contributed by atoms with Gasteiger partial charge < -0.3 is 10.4 Å². The first kappa shape index (κ1) is 16.5. The predicted molar refractivity (Wildman–Crippen MR) is 85.6 cm³/mol. The van der Waals surface area contributed by atoms with Crippen molar-refractivity contribution in [3.8, 4) is 0 Å². The molecule has 0 radical (unpaired) electrons. The lowest BCUT2D eigenvalue weighted by molar-refractivity contribution is 0.0924. The maximum absolute atomic E-state index is 12.1. The van der Waals surface area contributed by atoms with Gasteiger partial charge in [0.05, 0.1) is 6.10 Å². The van der Waals surface area contributed by atoms with E-state index in [2.05, 4.69) is 10.0 Å². The first-order chi connectivity index (χ1) is 10.4. The van der Waals surface area contributed by atoms with Crippen molar-refractivity contribution >= 4 is 33.0 Å². The SMILES string of the molecule is CC(O)CNC(=O)c1cccc(NS(=O)(=O)c2cccs2)c1. The van der Waals surface area contributed by atoms with Crippen molar-refractivity contribution in [1.29, 1.82) is 0 Å². The molecule has 2 aromatic rings. The van der Waals surface area contributed by atoms with Crippen LogP contribution in [0.5, 0.6) is 0 Å². The molecule has 1 aromatic carbocycles. The number of anilines is 1. The van der Waals surface area contributed by atoms with Gasteiger partial charge in [-0.15, -0.1) is 11.3 Å². The molecule has 0 saturated heterocycles. The van der Waals surface area contributed by atoms with E-state index in [4.69, 9.17) is 5.11 Å². The molecule has 6 nitrogen and oxygen atoms in total. The van der Waals surface area contributed by atoms with Crippen molar-refractivity contribution in [1.82, 2.24) is 5.32 Å². The number of amides is 1. The molecule has 1 unspecified atom stereocenters. The van der Waals surface area contributed by atoms with E-state index in [9.17, 15) is 13.2 Å². The summed E-state index contributed by atoms with van der Waals surface area (Å²) in [6.07, 6.45) is -0.649. The highest BCUT2D eigenvalue weighted by Gasteiger charge is 2.16. The number of hydrogen-bond donors (Lipinski definition) is 3. The van der Waals surface area contributed by atoms with E-state index in [0.717, 1.165) is 11.3 Å². The van der Waals surface area contributed by atoms with Crippen LogP contribution in [0.3, 0.4) is 0 Å². The molecule has 0 saturated carbocycles. The molecule has 1 heterocycles. The number of aliphatic hydroxyl groups is 1. The van der Waals surface area contributed by atoms with Crippen LogP contribution in [0.4, 0.5) is 5.69 Å². The summed E-state index contributed by atoms with van der Waals surface area (Å²) >= 11 is 1.11. The molecule has 1 atom stereocenters. The Morgan fingerprint density at radius 3 is 2.73 bits per heavy atom. The minimum atomic E-state index is -3.64. The van der Waals surface area contributed by atoms with Crippen LogP contribution >= 0.6 is 11.3 Å². The van der Waals surface area contributed by atoms with Gasteiger partial charge in [-0.1, -0.05) is 12.1 Å². The third kappa shape index (κ3) is 4.30. The van der Waals surface area contributed by atoms with Gasteiger partial charge in [-0.3, -0.25) is 9.52 Å². The molecule has 3 N–H and O–H groups in total. The van der Waals surface area contributed by atoms with E-state index in [1.54, 1.807) is 36.6 Å². The summed E-state index contributed by atoms with van der Waals surface area (Å²) in [6.45, 7) is 1.69. The third-order valence-electron chi connectivity index (χ3n) is 2.69. The van der Waals surface area contributed by atoms with E-state index in [0.29, 0.717) is 11.3 Å². The Hall–Kier alpha value is -1.90. The number of sulfonamides is 1. The minimum absolute atomic E-state index is 0.129. The molecule has 8 heteroatoms. The maximum atomic E-state index is 12.1. The van der Waals surface area contributed by atoms with Crippen LogP contribution in [0.1, 0.15) is 17.3 Å².